The Morgan fingerprint density at radius 2 is 2.10 bits per heavy atom. The van der Waals surface area contributed by atoms with E-state index in [1.165, 1.54) is 0 Å². The molecular weight excluding hydrogens is 338 g/mol. The number of hydrogen-bond acceptors (Lipinski definition) is 3. The fraction of sp³-hybridized carbons (Fsp3) is 0.533. The van der Waals surface area contributed by atoms with E-state index in [0.29, 0.717) is 5.75 Å². The molecule has 0 aromatic heterocycles. The topological polar surface area (TPSA) is 38.3 Å². The lowest BCUT2D eigenvalue weighted by Crippen LogP contribution is -2.29. The first-order chi connectivity index (χ1) is 9.23. The van der Waals surface area contributed by atoms with Crippen LogP contribution in [-0.4, -0.2) is 23.5 Å². The standard InChI is InChI=1S/C15H22BrNO2S/c1-10(17-14(18)9-20-15(2,3)4)11-6-7-13(19-5)12(16)8-11/h6-8,10H,9H2,1-5H3,(H,17,18). The second kappa shape index (κ2) is 7.36. The first kappa shape index (κ1) is 17.4. The lowest BCUT2D eigenvalue weighted by Gasteiger charge is -2.19. The minimum Gasteiger partial charge on any atom is -0.496 e. The third kappa shape index (κ3) is 5.75. The molecule has 0 saturated carbocycles. The summed E-state index contributed by atoms with van der Waals surface area (Å²) in [7, 11) is 1.63. The highest BCUT2D eigenvalue weighted by molar-refractivity contribution is 9.10. The molecule has 0 saturated heterocycles. The van der Waals surface area contributed by atoms with Crippen LogP contribution in [0.3, 0.4) is 0 Å². The number of carbonyl (C=O) groups is 1. The van der Waals surface area contributed by atoms with Crippen molar-refractivity contribution < 1.29 is 9.53 Å². The number of nitrogens with one attached hydrogen (secondary N) is 1. The highest BCUT2D eigenvalue weighted by atomic mass is 79.9. The molecule has 1 rings (SSSR count). The average Bonchev–Trinajstić information content (AvgIpc) is 2.35. The van der Waals surface area contributed by atoms with Crippen molar-refractivity contribution in [2.45, 2.75) is 38.5 Å². The van der Waals surface area contributed by atoms with Gasteiger partial charge in [0.05, 0.1) is 23.4 Å². The van der Waals surface area contributed by atoms with E-state index < -0.39 is 0 Å². The Kier molecular flexibility index (Phi) is 6.40. The average molecular weight is 360 g/mol. The van der Waals surface area contributed by atoms with Crippen LogP contribution in [0.5, 0.6) is 5.75 Å². The summed E-state index contributed by atoms with van der Waals surface area (Å²) in [5, 5.41) is 3.01. The van der Waals surface area contributed by atoms with Gasteiger partial charge in [0, 0.05) is 4.75 Å². The van der Waals surface area contributed by atoms with Gasteiger partial charge in [0.25, 0.3) is 0 Å². The van der Waals surface area contributed by atoms with Crippen molar-refractivity contribution in [2.24, 2.45) is 0 Å². The monoisotopic (exact) mass is 359 g/mol. The lowest BCUT2D eigenvalue weighted by molar-refractivity contribution is -0.119. The van der Waals surface area contributed by atoms with E-state index in [1.807, 2.05) is 25.1 Å². The zero-order valence-electron chi connectivity index (χ0n) is 12.6. The van der Waals surface area contributed by atoms with Crippen molar-refractivity contribution in [3.8, 4) is 5.75 Å². The SMILES string of the molecule is COc1ccc(C(C)NC(=O)CSC(C)(C)C)cc1Br. The van der Waals surface area contributed by atoms with Gasteiger partial charge in [-0.3, -0.25) is 4.79 Å². The molecule has 0 aliphatic rings. The van der Waals surface area contributed by atoms with Crippen LogP contribution < -0.4 is 10.1 Å². The summed E-state index contributed by atoms with van der Waals surface area (Å²) >= 11 is 5.10. The van der Waals surface area contributed by atoms with Crippen molar-refractivity contribution in [1.82, 2.24) is 5.32 Å². The zero-order valence-corrected chi connectivity index (χ0v) is 15.0. The summed E-state index contributed by atoms with van der Waals surface area (Å²) in [6.45, 7) is 8.30. The van der Waals surface area contributed by atoms with E-state index in [4.69, 9.17) is 4.74 Å². The number of ether oxygens (including phenoxy) is 1. The molecule has 0 aliphatic heterocycles. The maximum Gasteiger partial charge on any atom is 0.230 e. The summed E-state index contributed by atoms with van der Waals surface area (Å²) in [6, 6.07) is 5.81. The van der Waals surface area contributed by atoms with Gasteiger partial charge in [0.1, 0.15) is 5.75 Å². The van der Waals surface area contributed by atoms with Crippen molar-refractivity contribution in [2.75, 3.05) is 12.9 Å². The number of hydrogen-bond donors (Lipinski definition) is 1. The largest absolute Gasteiger partial charge is 0.496 e. The second-order valence-electron chi connectivity index (χ2n) is 5.58. The number of benzene rings is 1. The molecular formula is C15H22BrNO2S. The Balaban J connectivity index is 2.60. The van der Waals surface area contributed by atoms with Gasteiger partial charge < -0.3 is 10.1 Å². The molecule has 5 heteroatoms. The first-order valence-corrected chi connectivity index (χ1v) is 8.27. The van der Waals surface area contributed by atoms with Gasteiger partial charge in [-0.15, -0.1) is 11.8 Å². The molecule has 0 heterocycles. The van der Waals surface area contributed by atoms with E-state index in [2.05, 4.69) is 42.0 Å². The van der Waals surface area contributed by atoms with Crippen LogP contribution >= 0.6 is 27.7 Å². The molecule has 0 radical (unpaired) electrons. The van der Waals surface area contributed by atoms with Gasteiger partial charge in [-0.2, -0.15) is 0 Å². The fourth-order valence-corrected chi connectivity index (χ4v) is 2.81. The summed E-state index contributed by atoms with van der Waals surface area (Å²) in [6.07, 6.45) is 0. The zero-order chi connectivity index (χ0) is 15.3. The van der Waals surface area contributed by atoms with E-state index in [0.717, 1.165) is 15.8 Å². The Hall–Kier alpha value is -0.680. The number of halogens is 1. The summed E-state index contributed by atoms with van der Waals surface area (Å²) in [5.74, 6) is 1.32. The number of thioether (sulfide) groups is 1. The molecule has 1 unspecified atom stereocenters. The molecule has 1 aromatic carbocycles. The minimum atomic E-state index is -0.0229. The van der Waals surface area contributed by atoms with Crippen LogP contribution in [0.25, 0.3) is 0 Å². The molecule has 0 spiro atoms. The van der Waals surface area contributed by atoms with E-state index in [1.54, 1.807) is 18.9 Å². The maximum atomic E-state index is 11.9. The Bertz CT molecular complexity index is 471. The van der Waals surface area contributed by atoms with Gasteiger partial charge in [-0.25, -0.2) is 0 Å². The van der Waals surface area contributed by atoms with Crippen LogP contribution in [0.15, 0.2) is 22.7 Å². The summed E-state index contributed by atoms with van der Waals surface area (Å²) < 4.78 is 6.19. The summed E-state index contributed by atoms with van der Waals surface area (Å²) in [5.41, 5.74) is 1.05. The molecule has 0 fully saturated rings. The summed E-state index contributed by atoms with van der Waals surface area (Å²) in [4.78, 5) is 11.9. The predicted octanol–water partition coefficient (Wildman–Crippen LogP) is 4.17. The van der Waals surface area contributed by atoms with Crippen molar-refractivity contribution in [1.29, 1.82) is 0 Å². The molecule has 1 aromatic rings. The maximum absolute atomic E-state index is 11.9. The highest BCUT2D eigenvalue weighted by Gasteiger charge is 2.15. The van der Waals surface area contributed by atoms with E-state index in [-0.39, 0.29) is 16.7 Å². The third-order valence-corrected chi connectivity index (χ3v) is 4.58. The molecule has 20 heavy (non-hydrogen) atoms. The number of amides is 1. The van der Waals surface area contributed by atoms with E-state index >= 15 is 0 Å². The normalized spacial score (nSPS) is 12.9. The second-order valence-corrected chi connectivity index (χ2v) is 8.24. The Labute approximate surface area is 134 Å². The number of carbonyl (C=O) groups excluding carboxylic acids is 1. The Morgan fingerprint density at radius 3 is 2.60 bits per heavy atom. The highest BCUT2D eigenvalue weighted by Crippen LogP contribution is 2.28. The van der Waals surface area contributed by atoms with E-state index in [9.17, 15) is 4.79 Å². The smallest absolute Gasteiger partial charge is 0.230 e. The third-order valence-electron chi connectivity index (χ3n) is 2.69. The number of methoxy groups -OCH3 is 1. The molecule has 3 nitrogen and oxygen atoms in total. The Morgan fingerprint density at radius 1 is 1.45 bits per heavy atom. The predicted molar refractivity (Wildman–Crippen MR) is 89.5 cm³/mol. The van der Waals surface area contributed by atoms with Gasteiger partial charge in [-0.1, -0.05) is 26.8 Å². The molecule has 1 N–H and O–H groups in total. The van der Waals surface area contributed by atoms with Crippen LogP contribution in [0, 0.1) is 0 Å². The fourth-order valence-electron chi connectivity index (χ4n) is 1.60. The van der Waals surface area contributed by atoms with Gasteiger partial charge in [0.15, 0.2) is 0 Å². The van der Waals surface area contributed by atoms with Gasteiger partial charge in [-0.05, 0) is 40.5 Å². The van der Waals surface area contributed by atoms with Crippen LogP contribution in [0.4, 0.5) is 0 Å². The van der Waals surface area contributed by atoms with Gasteiger partial charge in [0.2, 0.25) is 5.91 Å². The number of rotatable bonds is 5. The molecule has 1 amide bonds. The van der Waals surface area contributed by atoms with Crippen molar-refractivity contribution in [3.05, 3.63) is 28.2 Å². The van der Waals surface area contributed by atoms with Crippen LogP contribution in [0.1, 0.15) is 39.3 Å². The van der Waals surface area contributed by atoms with Crippen LogP contribution in [0.2, 0.25) is 0 Å². The quantitative estimate of drug-likeness (QED) is 0.857. The molecule has 1 atom stereocenters. The van der Waals surface area contributed by atoms with Crippen molar-refractivity contribution in [3.63, 3.8) is 0 Å². The van der Waals surface area contributed by atoms with Crippen LogP contribution in [-0.2, 0) is 4.79 Å². The first-order valence-electron chi connectivity index (χ1n) is 6.49. The minimum absolute atomic E-state index is 0.0229. The lowest BCUT2D eigenvalue weighted by atomic mass is 10.1. The molecule has 112 valence electrons. The van der Waals surface area contributed by atoms with Gasteiger partial charge >= 0.3 is 0 Å². The molecule has 0 aliphatic carbocycles. The molecule has 0 bridgehead atoms. The van der Waals surface area contributed by atoms with Crippen molar-refractivity contribution >= 4 is 33.6 Å².